The number of rotatable bonds is 3. The van der Waals surface area contributed by atoms with Crippen molar-refractivity contribution in [2.45, 2.75) is 13.3 Å². The highest BCUT2D eigenvalue weighted by Crippen LogP contribution is 2.28. The van der Waals surface area contributed by atoms with Crippen molar-refractivity contribution >= 4 is 45.7 Å². The fourth-order valence-electron chi connectivity index (χ4n) is 3.35. The predicted molar refractivity (Wildman–Crippen MR) is 107 cm³/mol. The van der Waals surface area contributed by atoms with E-state index in [0.717, 1.165) is 22.3 Å². The molecule has 1 N–H and O–H groups in total. The third-order valence-electron chi connectivity index (χ3n) is 4.76. The van der Waals surface area contributed by atoms with E-state index in [-0.39, 0.29) is 18.2 Å². The second-order valence-corrected chi connectivity index (χ2v) is 7.13. The number of halogens is 1. The minimum Gasteiger partial charge on any atom is -0.325 e. The van der Waals surface area contributed by atoms with Gasteiger partial charge in [-0.2, -0.15) is 0 Å². The zero-order valence-electron chi connectivity index (χ0n) is 14.8. The fourth-order valence-corrected chi connectivity index (χ4v) is 3.48. The minimum atomic E-state index is -0.401. The average Bonchev–Trinajstić information content (AvgIpc) is 3.04. The molecule has 1 aliphatic rings. The van der Waals surface area contributed by atoms with Gasteiger partial charge in [0.05, 0.1) is 17.1 Å². The van der Waals surface area contributed by atoms with Gasteiger partial charge in [0.2, 0.25) is 11.8 Å². The van der Waals surface area contributed by atoms with Crippen LogP contribution >= 0.6 is 11.6 Å². The van der Waals surface area contributed by atoms with Gasteiger partial charge in [0.25, 0.3) is 0 Å². The normalized spacial score (nSPS) is 16.7. The van der Waals surface area contributed by atoms with E-state index in [0.29, 0.717) is 17.3 Å². The van der Waals surface area contributed by atoms with Crippen LogP contribution < -0.4 is 10.2 Å². The number of hydrogen-bond acceptors (Lipinski definition) is 3. The topological polar surface area (TPSA) is 62.3 Å². The highest BCUT2D eigenvalue weighted by atomic mass is 35.5. The predicted octanol–water partition coefficient (Wildman–Crippen LogP) is 4.19. The van der Waals surface area contributed by atoms with E-state index in [4.69, 9.17) is 11.6 Å². The van der Waals surface area contributed by atoms with E-state index in [9.17, 15) is 9.59 Å². The quantitative estimate of drug-likeness (QED) is 0.742. The molecule has 1 unspecified atom stereocenters. The highest BCUT2D eigenvalue weighted by molar-refractivity contribution is 6.30. The molecular weight excluding hydrogens is 362 g/mol. The zero-order chi connectivity index (χ0) is 19.0. The first-order chi connectivity index (χ1) is 13.0. The lowest BCUT2D eigenvalue weighted by Gasteiger charge is -2.17. The van der Waals surface area contributed by atoms with E-state index in [1.807, 2.05) is 37.3 Å². The monoisotopic (exact) mass is 379 g/mol. The SMILES string of the molecule is Cc1ccc2c(NC(=O)C3CC(=O)N(c4ccc(Cl)cc4)C3)cccc2n1. The van der Waals surface area contributed by atoms with Gasteiger partial charge >= 0.3 is 0 Å². The lowest BCUT2D eigenvalue weighted by Crippen LogP contribution is -2.28. The summed E-state index contributed by atoms with van der Waals surface area (Å²) in [5.41, 5.74) is 3.22. The summed E-state index contributed by atoms with van der Waals surface area (Å²) in [7, 11) is 0. The molecular formula is C21H18ClN3O2. The maximum Gasteiger partial charge on any atom is 0.229 e. The van der Waals surface area contributed by atoms with Crippen molar-refractivity contribution in [3.05, 3.63) is 65.3 Å². The van der Waals surface area contributed by atoms with Crippen LogP contribution in [0.5, 0.6) is 0 Å². The number of pyridine rings is 1. The Hall–Kier alpha value is -2.92. The average molecular weight is 380 g/mol. The van der Waals surface area contributed by atoms with Gasteiger partial charge < -0.3 is 10.2 Å². The molecule has 136 valence electrons. The Balaban J connectivity index is 1.53. The maximum atomic E-state index is 12.8. The zero-order valence-corrected chi connectivity index (χ0v) is 15.5. The van der Waals surface area contributed by atoms with Crippen LogP contribution in [0.3, 0.4) is 0 Å². The molecule has 0 aliphatic carbocycles. The Morgan fingerprint density at radius 2 is 1.93 bits per heavy atom. The molecule has 0 radical (unpaired) electrons. The Kier molecular flexibility index (Phi) is 4.54. The summed E-state index contributed by atoms with van der Waals surface area (Å²) < 4.78 is 0. The molecule has 1 aromatic heterocycles. The summed E-state index contributed by atoms with van der Waals surface area (Å²) >= 11 is 5.91. The lowest BCUT2D eigenvalue weighted by atomic mass is 10.1. The Morgan fingerprint density at radius 3 is 2.70 bits per heavy atom. The van der Waals surface area contributed by atoms with Crippen LogP contribution in [-0.4, -0.2) is 23.3 Å². The molecule has 27 heavy (non-hydrogen) atoms. The summed E-state index contributed by atoms with van der Waals surface area (Å²) in [6.07, 6.45) is 0.191. The van der Waals surface area contributed by atoms with Crippen molar-refractivity contribution in [2.75, 3.05) is 16.8 Å². The summed E-state index contributed by atoms with van der Waals surface area (Å²) in [6, 6.07) is 16.6. The minimum absolute atomic E-state index is 0.0623. The van der Waals surface area contributed by atoms with E-state index >= 15 is 0 Å². The number of hydrogen-bond donors (Lipinski definition) is 1. The lowest BCUT2D eigenvalue weighted by molar-refractivity contribution is -0.122. The van der Waals surface area contributed by atoms with Crippen molar-refractivity contribution in [1.82, 2.24) is 4.98 Å². The highest BCUT2D eigenvalue weighted by Gasteiger charge is 2.35. The number of carbonyl (C=O) groups excluding carboxylic acids is 2. The largest absolute Gasteiger partial charge is 0.325 e. The first-order valence-electron chi connectivity index (χ1n) is 8.74. The number of nitrogens with one attached hydrogen (secondary N) is 1. The molecule has 0 bridgehead atoms. The molecule has 1 fully saturated rings. The summed E-state index contributed by atoms with van der Waals surface area (Å²) in [5, 5.41) is 4.46. The van der Waals surface area contributed by atoms with Crippen molar-refractivity contribution in [2.24, 2.45) is 5.92 Å². The number of aromatic nitrogens is 1. The van der Waals surface area contributed by atoms with Crippen LogP contribution in [0.2, 0.25) is 5.02 Å². The number of carbonyl (C=O) groups is 2. The van der Waals surface area contributed by atoms with Gasteiger partial charge in [0.1, 0.15) is 0 Å². The third-order valence-corrected chi connectivity index (χ3v) is 5.02. The molecule has 2 amide bonds. The molecule has 6 heteroatoms. The molecule has 2 aromatic carbocycles. The number of benzene rings is 2. The number of aryl methyl sites for hydroxylation is 1. The molecule has 2 heterocycles. The smallest absolute Gasteiger partial charge is 0.229 e. The number of anilines is 2. The first kappa shape index (κ1) is 17.5. The van der Waals surface area contributed by atoms with Gasteiger partial charge in [0.15, 0.2) is 0 Å². The molecule has 0 saturated carbocycles. The Bertz CT molecular complexity index is 1030. The van der Waals surface area contributed by atoms with E-state index in [1.165, 1.54) is 0 Å². The van der Waals surface area contributed by atoms with Crippen molar-refractivity contribution < 1.29 is 9.59 Å². The number of nitrogens with zero attached hydrogens (tertiary/aromatic N) is 2. The van der Waals surface area contributed by atoms with Gasteiger partial charge in [-0.1, -0.05) is 17.7 Å². The first-order valence-corrected chi connectivity index (χ1v) is 9.12. The van der Waals surface area contributed by atoms with Crippen molar-refractivity contribution in [3.8, 4) is 0 Å². The van der Waals surface area contributed by atoms with Crippen LogP contribution in [-0.2, 0) is 9.59 Å². The van der Waals surface area contributed by atoms with Gasteiger partial charge in [-0.05, 0) is 55.5 Å². The van der Waals surface area contributed by atoms with Crippen LogP contribution in [0.1, 0.15) is 12.1 Å². The Morgan fingerprint density at radius 1 is 1.15 bits per heavy atom. The van der Waals surface area contributed by atoms with E-state index < -0.39 is 5.92 Å². The van der Waals surface area contributed by atoms with Gasteiger partial charge in [-0.25, -0.2) is 0 Å². The molecule has 1 saturated heterocycles. The van der Waals surface area contributed by atoms with Crippen molar-refractivity contribution in [1.29, 1.82) is 0 Å². The van der Waals surface area contributed by atoms with Gasteiger partial charge in [-0.15, -0.1) is 0 Å². The second kappa shape index (κ2) is 7.00. The van der Waals surface area contributed by atoms with Crippen LogP contribution in [0.15, 0.2) is 54.6 Å². The van der Waals surface area contributed by atoms with E-state index in [1.54, 1.807) is 29.2 Å². The molecule has 5 nitrogen and oxygen atoms in total. The summed E-state index contributed by atoms with van der Waals surface area (Å²) in [6.45, 7) is 2.29. The van der Waals surface area contributed by atoms with Crippen molar-refractivity contribution in [3.63, 3.8) is 0 Å². The fraction of sp³-hybridized carbons (Fsp3) is 0.190. The standard InChI is InChI=1S/C21H18ClN3O2/c1-13-5-10-17-18(23-13)3-2-4-19(17)24-21(27)14-11-20(26)25(12-14)16-8-6-15(22)7-9-16/h2-10,14H,11-12H2,1H3,(H,24,27). The molecule has 0 spiro atoms. The summed E-state index contributed by atoms with van der Waals surface area (Å²) in [4.78, 5) is 31.3. The molecule has 4 rings (SSSR count). The molecule has 3 aromatic rings. The van der Waals surface area contributed by atoms with Gasteiger partial charge in [0, 0.05) is 34.8 Å². The second-order valence-electron chi connectivity index (χ2n) is 6.70. The number of fused-ring (bicyclic) bond motifs is 1. The van der Waals surface area contributed by atoms with E-state index in [2.05, 4.69) is 10.3 Å². The summed E-state index contributed by atoms with van der Waals surface area (Å²) in [5.74, 6) is -0.623. The van der Waals surface area contributed by atoms with Crippen LogP contribution in [0, 0.1) is 12.8 Å². The number of amides is 2. The van der Waals surface area contributed by atoms with Gasteiger partial charge in [-0.3, -0.25) is 14.6 Å². The Labute approximate surface area is 162 Å². The van der Waals surface area contributed by atoms with Crippen LogP contribution in [0.25, 0.3) is 10.9 Å². The maximum absolute atomic E-state index is 12.8. The molecule has 1 atom stereocenters. The molecule has 1 aliphatic heterocycles. The van der Waals surface area contributed by atoms with Crippen LogP contribution in [0.4, 0.5) is 11.4 Å². The third kappa shape index (κ3) is 3.51.